The molecule has 2 saturated carbocycles. The van der Waals surface area contributed by atoms with Crippen molar-refractivity contribution in [3.05, 3.63) is 24.2 Å². The summed E-state index contributed by atoms with van der Waals surface area (Å²) in [5.74, 6) is -0.529. The molecule has 0 spiro atoms. The van der Waals surface area contributed by atoms with Crippen molar-refractivity contribution in [1.29, 1.82) is 0 Å². The number of carboxylic acids is 1. The lowest BCUT2D eigenvalue weighted by Gasteiger charge is -2.25. The summed E-state index contributed by atoms with van der Waals surface area (Å²) in [5.41, 5.74) is 0. The third kappa shape index (κ3) is 3.20. The summed E-state index contributed by atoms with van der Waals surface area (Å²) in [7, 11) is 0. The average Bonchev–Trinajstić information content (AvgIpc) is 2.97. The number of rotatable bonds is 5. The van der Waals surface area contributed by atoms with E-state index in [9.17, 15) is 14.7 Å². The van der Waals surface area contributed by atoms with Crippen molar-refractivity contribution in [3.8, 4) is 0 Å². The standard InChI is InChI=1S/C15H20N2O4/c18-14(19)12-4-1-5-13(12)16-15(20)17(10-6-7-10)9-11-3-2-8-21-11/h2-3,8,10,12-13H,1,4-7,9H2,(H,16,20)(H,18,19). The Bertz CT molecular complexity index is 510. The number of amides is 2. The molecule has 0 aliphatic heterocycles. The zero-order valence-corrected chi connectivity index (χ0v) is 11.8. The molecule has 3 rings (SSSR count). The summed E-state index contributed by atoms with van der Waals surface area (Å²) >= 11 is 0. The van der Waals surface area contributed by atoms with Crippen molar-refractivity contribution in [1.82, 2.24) is 10.2 Å². The molecule has 0 saturated heterocycles. The molecule has 1 heterocycles. The maximum absolute atomic E-state index is 12.5. The van der Waals surface area contributed by atoms with Crippen LogP contribution in [0.15, 0.2) is 22.8 Å². The first kappa shape index (κ1) is 14.0. The Kier molecular flexibility index (Phi) is 3.86. The van der Waals surface area contributed by atoms with Gasteiger partial charge in [0.25, 0.3) is 0 Å². The third-order valence-electron chi connectivity index (χ3n) is 4.30. The predicted molar refractivity (Wildman–Crippen MR) is 74.6 cm³/mol. The van der Waals surface area contributed by atoms with E-state index in [1.54, 1.807) is 17.2 Å². The van der Waals surface area contributed by atoms with Gasteiger partial charge in [0.05, 0.1) is 18.7 Å². The molecule has 1 aromatic heterocycles. The Morgan fingerprint density at radius 1 is 1.33 bits per heavy atom. The first-order valence-electron chi connectivity index (χ1n) is 7.47. The maximum Gasteiger partial charge on any atom is 0.318 e. The number of carbonyl (C=O) groups excluding carboxylic acids is 1. The number of urea groups is 1. The molecule has 6 nitrogen and oxygen atoms in total. The van der Waals surface area contributed by atoms with Crippen LogP contribution in [0.25, 0.3) is 0 Å². The Labute approximate surface area is 123 Å². The smallest absolute Gasteiger partial charge is 0.318 e. The van der Waals surface area contributed by atoms with Crippen LogP contribution < -0.4 is 5.32 Å². The fourth-order valence-corrected chi connectivity index (χ4v) is 2.99. The topological polar surface area (TPSA) is 82.8 Å². The molecule has 114 valence electrons. The Balaban J connectivity index is 1.63. The minimum absolute atomic E-state index is 0.174. The molecular weight excluding hydrogens is 272 g/mol. The van der Waals surface area contributed by atoms with E-state index in [4.69, 9.17) is 4.42 Å². The highest BCUT2D eigenvalue weighted by Gasteiger charge is 2.38. The van der Waals surface area contributed by atoms with E-state index in [0.29, 0.717) is 13.0 Å². The molecule has 2 unspecified atom stereocenters. The summed E-state index contributed by atoms with van der Waals surface area (Å²) in [6, 6.07) is 3.47. The van der Waals surface area contributed by atoms with Gasteiger partial charge in [-0.2, -0.15) is 0 Å². The van der Waals surface area contributed by atoms with Crippen molar-refractivity contribution < 1.29 is 19.1 Å². The van der Waals surface area contributed by atoms with Crippen molar-refractivity contribution in [2.75, 3.05) is 0 Å². The largest absolute Gasteiger partial charge is 0.481 e. The maximum atomic E-state index is 12.5. The summed E-state index contributed by atoms with van der Waals surface area (Å²) < 4.78 is 5.31. The zero-order chi connectivity index (χ0) is 14.8. The number of carbonyl (C=O) groups is 2. The molecule has 1 aromatic rings. The second-order valence-electron chi connectivity index (χ2n) is 5.87. The SMILES string of the molecule is O=C(O)C1CCCC1NC(=O)N(Cc1ccco1)C1CC1. The first-order valence-corrected chi connectivity index (χ1v) is 7.47. The van der Waals surface area contributed by atoms with Crippen LogP contribution in [0, 0.1) is 5.92 Å². The van der Waals surface area contributed by atoms with Gasteiger partial charge in [0.15, 0.2) is 0 Å². The van der Waals surface area contributed by atoms with Crippen LogP contribution in [-0.4, -0.2) is 34.1 Å². The monoisotopic (exact) mass is 292 g/mol. The molecule has 0 radical (unpaired) electrons. The van der Waals surface area contributed by atoms with Gasteiger partial charge < -0.3 is 19.7 Å². The number of furan rings is 1. The van der Waals surface area contributed by atoms with Gasteiger partial charge in [0.1, 0.15) is 5.76 Å². The quantitative estimate of drug-likeness (QED) is 0.871. The molecule has 0 bridgehead atoms. The van der Waals surface area contributed by atoms with Gasteiger partial charge >= 0.3 is 12.0 Å². The molecule has 21 heavy (non-hydrogen) atoms. The molecule has 2 N–H and O–H groups in total. The third-order valence-corrected chi connectivity index (χ3v) is 4.30. The van der Waals surface area contributed by atoms with E-state index in [1.165, 1.54) is 0 Å². The zero-order valence-electron chi connectivity index (χ0n) is 11.8. The lowest BCUT2D eigenvalue weighted by atomic mass is 10.0. The minimum atomic E-state index is -0.818. The van der Waals surface area contributed by atoms with Gasteiger partial charge in [-0.25, -0.2) is 4.79 Å². The molecule has 2 atom stereocenters. The van der Waals surface area contributed by atoms with Crippen LogP contribution in [0.1, 0.15) is 37.9 Å². The van der Waals surface area contributed by atoms with Gasteiger partial charge in [0, 0.05) is 12.1 Å². The number of nitrogens with zero attached hydrogens (tertiary/aromatic N) is 1. The van der Waals surface area contributed by atoms with Crippen molar-refractivity contribution in [2.45, 2.75) is 50.7 Å². The van der Waals surface area contributed by atoms with Gasteiger partial charge in [-0.1, -0.05) is 6.42 Å². The number of aliphatic carboxylic acids is 1. The fraction of sp³-hybridized carbons (Fsp3) is 0.600. The summed E-state index contributed by atoms with van der Waals surface area (Å²) in [6.07, 6.45) is 5.82. The highest BCUT2D eigenvalue weighted by Crippen LogP contribution is 2.30. The summed E-state index contributed by atoms with van der Waals surface area (Å²) in [5, 5.41) is 12.1. The molecular formula is C15H20N2O4. The molecule has 0 aromatic carbocycles. The average molecular weight is 292 g/mol. The molecule has 2 amide bonds. The van der Waals surface area contributed by atoms with Gasteiger partial charge in [-0.3, -0.25) is 4.79 Å². The second-order valence-corrected chi connectivity index (χ2v) is 5.87. The van der Waals surface area contributed by atoms with Gasteiger partial charge in [-0.05, 0) is 37.8 Å². The first-order chi connectivity index (χ1) is 10.1. The van der Waals surface area contributed by atoms with Crippen LogP contribution >= 0.6 is 0 Å². The Hall–Kier alpha value is -1.98. The van der Waals surface area contributed by atoms with Crippen molar-refractivity contribution >= 4 is 12.0 Å². The number of carboxylic acid groups (broad SMARTS) is 1. The van der Waals surface area contributed by atoms with E-state index < -0.39 is 11.9 Å². The number of nitrogens with one attached hydrogen (secondary N) is 1. The van der Waals surface area contributed by atoms with E-state index >= 15 is 0 Å². The van der Waals surface area contributed by atoms with Crippen LogP contribution in [0.4, 0.5) is 4.79 Å². The van der Waals surface area contributed by atoms with Gasteiger partial charge in [-0.15, -0.1) is 0 Å². The van der Waals surface area contributed by atoms with Crippen LogP contribution in [0.5, 0.6) is 0 Å². The van der Waals surface area contributed by atoms with E-state index in [1.807, 2.05) is 6.07 Å². The normalized spacial score (nSPS) is 24.8. The molecule has 6 heteroatoms. The molecule has 2 aliphatic carbocycles. The molecule has 2 aliphatic rings. The highest BCUT2D eigenvalue weighted by atomic mass is 16.4. The number of hydrogen-bond acceptors (Lipinski definition) is 3. The van der Waals surface area contributed by atoms with E-state index in [2.05, 4.69) is 5.32 Å². The fourth-order valence-electron chi connectivity index (χ4n) is 2.99. The lowest BCUT2D eigenvalue weighted by Crippen LogP contribution is -2.47. The second kappa shape index (κ2) is 5.79. The summed E-state index contributed by atoms with van der Waals surface area (Å²) in [4.78, 5) is 25.4. The highest BCUT2D eigenvalue weighted by molar-refractivity contribution is 5.77. The lowest BCUT2D eigenvalue weighted by molar-refractivity contribution is -0.142. The molecule has 2 fully saturated rings. The van der Waals surface area contributed by atoms with Crippen LogP contribution in [-0.2, 0) is 11.3 Å². The van der Waals surface area contributed by atoms with Crippen LogP contribution in [0.2, 0.25) is 0 Å². The van der Waals surface area contributed by atoms with Crippen molar-refractivity contribution in [2.24, 2.45) is 5.92 Å². The van der Waals surface area contributed by atoms with Crippen molar-refractivity contribution in [3.63, 3.8) is 0 Å². The Morgan fingerprint density at radius 3 is 2.76 bits per heavy atom. The van der Waals surface area contributed by atoms with Crippen LogP contribution in [0.3, 0.4) is 0 Å². The minimum Gasteiger partial charge on any atom is -0.481 e. The van der Waals surface area contributed by atoms with Gasteiger partial charge in [0.2, 0.25) is 0 Å². The van der Waals surface area contributed by atoms with E-state index in [0.717, 1.165) is 31.4 Å². The summed E-state index contributed by atoms with van der Waals surface area (Å²) in [6.45, 7) is 0.438. The number of hydrogen-bond donors (Lipinski definition) is 2. The Morgan fingerprint density at radius 2 is 2.14 bits per heavy atom. The van der Waals surface area contributed by atoms with E-state index in [-0.39, 0.29) is 18.1 Å². The predicted octanol–water partition coefficient (Wildman–Crippen LogP) is 2.21.